The van der Waals surface area contributed by atoms with Crippen LogP contribution >= 0.6 is 0 Å². The van der Waals surface area contributed by atoms with Gasteiger partial charge in [-0.2, -0.15) is 0 Å². The smallest absolute Gasteiger partial charge is 0.274 e. The monoisotopic (exact) mass is 321 g/mol. The van der Waals surface area contributed by atoms with E-state index in [9.17, 15) is 9.59 Å². The first-order valence-electron chi connectivity index (χ1n) is 8.26. The first kappa shape index (κ1) is 14.9. The van der Waals surface area contributed by atoms with E-state index in [1.54, 1.807) is 18.3 Å². The Morgan fingerprint density at radius 1 is 1.29 bits per heavy atom. The molecule has 0 unspecified atom stereocenters. The Balaban J connectivity index is 1.50. The second kappa shape index (κ2) is 5.74. The molecule has 0 bridgehead atoms. The van der Waals surface area contributed by atoms with Crippen LogP contribution in [0.4, 0.5) is 5.69 Å². The molecule has 1 aromatic carbocycles. The fourth-order valence-electron chi connectivity index (χ4n) is 3.07. The van der Waals surface area contributed by atoms with Crippen LogP contribution in [0.25, 0.3) is 0 Å². The average molecular weight is 321 g/mol. The fourth-order valence-corrected chi connectivity index (χ4v) is 3.07. The van der Waals surface area contributed by atoms with Gasteiger partial charge in [0, 0.05) is 30.5 Å². The molecule has 0 radical (unpaired) electrons. The quantitative estimate of drug-likeness (QED) is 0.941. The van der Waals surface area contributed by atoms with Crippen molar-refractivity contribution in [2.75, 3.05) is 11.9 Å². The van der Waals surface area contributed by atoms with E-state index in [1.165, 1.54) is 12.8 Å². The molecular formula is C19H19N3O2. The number of carbonyl (C=O) groups is 2. The highest BCUT2D eigenvalue weighted by molar-refractivity contribution is 6.04. The van der Waals surface area contributed by atoms with Gasteiger partial charge in [-0.05, 0) is 67.1 Å². The van der Waals surface area contributed by atoms with E-state index in [1.807, 2.05) is 30.0 Å². The minimum absolute atomic E-state index is 0.107. The molecule has 2 aromatic rings. The zero-order valence-corrected chi connectivity index (χ0v) is 13.6. The van der Waals surface area contributed by atoms with Crippen LogP contribution in [0.1, 0.15) is 44.8 Å². The van der Waals surface area contributed by atoms with Crippen LogP contribution in [0.2, 0.25) is 0 Å². The molecule has 0 saturated heterocycles. The third-order valence-corrected chi connectivity index (χ3v) is 4.57. The zero-order chi connectivity index (χ0) is 16.7. The maximum atomic E-state index is 12.4. The Kier molecular flexibility index (Phi) is 3.56. The number of pyridine rings is 1. The summed E-state index contributed by atoms with van der Waals surface area (Å²) in [6.45, 7) is 3.41. The van der Waals surface area contributed by atoms with Gasteiger partial charge in [-0.25, -0.2) is 0 Å². The van der Waals surface area contributed by atoms with Crippen molar-refractivity contribution in [1.29, 1.82) is 0 Å². The lowest BCUT2D eigenvalue weighted by Gasteiger charge is -2.14. The second-order valence-corrected chi connectivity index (χ2v) is 6.67. The first-order chi connectivity index (χ1) is 11.6. The van der Waals surface area contributed by atoms with Crippen molar-refractivity contribution < 1.29 is 9.59 Å². The van der Waals surface area contributed by atoms with Crippen molar-refractivity contribution in [1.82, 2.24) is 9.88 Å². The molecule has 24 heavy (non-hydrogen) atoms. The molecule has 0 spiro atoms. The summed E-state index contributed by atoms with van der Waals surface area (Å²) in [5.41, 5.74) is 3.81. The van der Waals surface area contributed by atoms with Gasteiger partial charge in [0.1, 0.15) is 5.69 Å². The van der Waals surface area contributed by atoms with Gasteiger partial charge < -0.3 is 10.2 Å². The molecule has 1 N–H and O–H groups in total. The molecule has 1 aromatic heterocycles. The molecule has 2 aliphatic rings. The highest BCUT2D eigenvalue weighted by Gasteiger charge is 2.32. The van der Waals surface area contributed by atoms with Crippen LogP contribution in [0.15, 0.2) is 36.5 Å². The lowest BCUT2D eigenvalue weighted by atomic mass is 10.1. The van der Waals surface area contributed by atoms with Crippen LogP contribution in [-0.2, 0) is 6.54 Å². The number of aryl methyl sites for hydroxylation is 1. The number of hydrogen-bond donors (Lipinski definition) is 1. The topological polar surface area (TPSA) is 62.3 Å². The van der Waals surface area contributed by atoms with E-state index in [4.69, 9.17) is 0 Å². The van der Waals surface area contributed by atoms with Crippen molar-refractivity contribution in [3.63, 3.8) is 0 Å². The number of nitrogens with zero attached hydrogens (tertiary/aromatic N) is 2. The Morgan fingerprint density at radius 2 is 2.12 bits per heavy atom. The van der Waals surface area contributed by atoms with Crippen molar-refractivity contribution in [2.24, 2.45) is 5.92 Å². The van der Waals surface area contributed by atoms with Gasteiger partial charge in [0.15, 0.2) is 0 Å². The number of rotatable bonds is 4. The van der Waals surface area contributed by atoms with Gasteiger partial charge in [0.25, 0.3) is 11.8 Å². The van der Waals surface area contributed by atoms with E-state index >= 15 is 0 Å². The summed E-state index contributed by atoms with van der Waals surface area (Å²) in [5, 5.41) is 2.87. The minimum Gasteiger partial charge on any atom is -0.334 e. The summed E-state index contributed by atoms with van der Waals surface area (Å²) in [4.78, 5) is 30.7. The molecular weight excluding hydrogens is 302 g/mol. The lowest BCUT2D eigenvalue weighted by molar-refractivity contribution is 0.0771. The summed E-state index contributed by atoms with van der Waals surface area (Å²) in [5.74, 6) is 0.544. The first-order valence-corrected chi connectivity index (χ1v) is 8.26. The Morgan fingerprint density at radius 3 is 2.88 bits per heavy atom. The normalized spacial score (nSPS) is 16.2. The lowest BCUT2D eigenvalue weighted by Crippen LogP contribution is -2.26. The van der Waals surface area contributed by atoms with Crippen LogP contribution < -0.4 is 5.32 Å². The van der Waals surface area contributed by atoms with E-state index in [0.29, 0.717) is 23.8 Å². The summed E-state index contributed by atoms with van der Waals surface area (Å²) in [6.07, 6.45) is 4.08. The maximum absolute atomic E-state index is 12.4. The van der Waals surface area contributed by atoms with Gasteiger partial charge in [0.2, 0.25) is 0 Å². The average Bonchev–Trinajstić information content (AvgIpc) is 3.32. The molecule has 1 saturated carbocycles. The largest absolute Gasteiger partial charge is 0.334 e. The molecule has 122 valence electrons. The molecule has 5 heteroatoms. The number of hydrogen-bond acceptors (Lipinski definition) is 3. The molecule has 1 aliphatic carbocycles. The van der Waals surface area contributed by atoms with Crippen LogP contribution in [0.5, 0.6) is 0 Å². The third-order valence-electron chi connectivity index (χ3n) is 4.57. The number of aromatic nitrogens is 1. The van der Waals surface area contributed by atoms with E-state index in [2.05, 4.69) is 10.3 Å². The maximum Gasteiger partial charge on any atom is 0.274 e. The number of anilines is 1. The molecule has 4 rings (SSSR count). The van der Waals surface area contributed by atoms with Gasteiger partial charge in [-0.15, -0.1) is 0 Å². The standard InChI is InChI=1S/C19H19N3O2/c1-12-6-7-20-17(8-12)18(23)21-15-4-5-16-14(9-15)11-22(19(16)24)10-13-2-3-13/h4-9,13H,2-3,10-11H2,1H3,(H,21,23). The predicted octanol–water partition coefficient (Wildman–Crippen LogP) is 3.01. The van der Waals surface area contributed by atoms with Gasteiger partial charge in [0.05, 0.1) is 0 Å². The van der Waals surface area contributed by atoms with Crippen molar-refractivity contribution in [2.45, 2.75) is 26.3 Å². The Hall–Kier alpha value is -2.69. The van der Waals surface area contributed by atoms with E-state index in [-0.39, 0.29) is 11.8 Å². The summed E-state index contributed by atoms with van der Waals surface area (Å²) in [7, 11) is 0. The van der Waals surface area contributed by atoms with E-state index in [0.717, 1.165) is 23.2 Å². The molecule has 5 nitrogen and oxygen atoms in total. The molecule has 1 fully saturated rings. The Labute approximate surface area is 140 Å². The predicted molar refractivity (Wildman–Crippen MR) is 90.8 cm³/mol. The van der Waals surface area contributed by atoms with Gasteiger partial charge >= 0.3 is 0 Å². The number of amides is 2. The van der Waals surface area contributed by atoms with E-state index < -0.39 is 0 Å². The zero-order valence-electron chi connectivity index (χ0n) is 13.6. The second-order valence-electron chi connectivity index (χ2n) is 6.67. The van der Waals surface area contributed by atoms with Gasteiger partial charge in [-0.3, -0.25) is 14.6 Å². The highest BCUT2D eigenvalue weighted by atomic mass is 16.2. The molecule has 1 aliphatic heterocycles. The van der Waals surface area contributed by atoms with Crippen molar-refractivity contribution in [3.05, 3.63) is 58.9 Å². The van der Waals surface area contributed by atoms with Crippen molar-refractivity contribution >= 4 is 17.5 Å². The number of nitrogens with one attached hydrogen (secondary N) is 1. The van der Waals surface area contributed by atoms with Crippen molar-refractivity contribution in [3.8, 4) is 0 Å². The summed E-state index contributed by atoms with van der Waals surface area (Å²) in [6, 6.07) is 9.10. The minimum atomic E-state index is -0.238. The number of benzene rings is 1. The number of carbonyl (C=O) groups excluding carboxylic acids is 2. The van der Waals surface area contributed by atoms with Crippen LogP contribution in [0.3, 0.4) is 0 Å². The molecule has 0 atom stereocenters. The third kappa shape index (κ3) is 2.89. The fraction of sp³-hybridized carbons (Fsp3) is 0.316. The molecule has 2 amide bonds. The highest BCUT2D eigenvalue weighted by Crippen LogP contribution is 2.33. The Bertz CT molecular complexity index is 827. The molecule has 2 heterocycles. The number of fused-ring (bicyclic) bond motifs is 1. The SMILES string of the molecule is Cc1ccnc(C(=O)Nc2ccc3c(c2)CN(CC2CC2)C3=O)c1. The summed E-state index contributed by atoms with van der Waals surface area (Å²) >= 11 is 0. The summed E-state index contributed by atoms with van der Waals surface area (Å²) < 4.78 is 0. The van der Waals surface area contributed by atoms with Crippen LogP contribution in [-0.4, -0.2) is 28.2 Å². The van der Waals surface area contributed by atoms with Gasteiger partial charge in [-0.1, -0.05) is 0 Å². The van der Waals surface area contributed by atoms with Crippen LogP contribution in [0, 0.1) is 12.8 Å².